The molecule has 1 aliphatic heterocycles. The average Bonchev–Trinajstić information content (AvgIpc) is 3.06. The van der Waals surface area contributed by atoms with Crippen molar-refractivity contribution in [2.24, 2.45) is 0 Å². The van der Waals surface area contributed by atoms with Crippen molar-refractivity contribution in [3.63, 3.8) is 0 Å². The summed E-state index contributed by atoms with van der Waals surface area (Å²) in [6, 6.07) is 17.5. The van der Waals surface area contributed by atoms with Crippen LogP contribution in [0.5, 0.6) is 0 Å². The van der Waals surface area contributed by atoms with Gasteiger partial charge in [-0.3, -0.25) is 4.79 Å². The van der Waals surface area contributed by atoms with Crippen molar-refractivity contribution in [3.8, 4) is 0 Å². The summed E-state index contributed by atoms with van der Waals surface area (Å²) in [5.74, 6) is -0.105. The Balaban J connectivity index is 1.62. The van der Waals surface area contributed by atoms with Gasteiger partial charge in [-0.2, -0.15) is 0 Å². The molecule has 1 N–H and O–H groups in total. The van der Waals surface area contributed by atoms with Crippen molar-refractivity contribution in [2.45, 2.75) is 12.3 Å². The average molecular weight is 373 g/mol. The van der Waals surface area contributed by atoms with Gasteiger partial charge < -0.3 is 15.0 Å². The monoisotopic (exact) mass is 372 g/mol. The molecule has 0 unspecified atom stereocenters. The van der Waals surface area contributed by atoms with Crippen LogP contribution in [0.2, 0.25) is 5.02 Å². The molecule has 136 valence electrons. The maximum absolute atomic E-state index is 12.5. The number of carbonyl (C=O) groups excluding carboxylic acids is 2. The van der Waals surface area contributed by atoms with Crippen LogP contribution in [-0.2, 0) is 9.53 Å². The number of nitrogens with one attached hydrogen (secondary N) is 1. The first-order valence-electron chi connectivity index (χ1n) is 8.62. The summed E-state index contributed by atoms with van der Waals surface area (Å²) in [5.41, 5.74) is 2.12. The van der Waals surface area contributed by atoms with Crippen molar-refractivity contribution >= 4 is 23.6 Å². The van der Waals surface area contributed by atoms with Gasteiger partial charge in [-0.15, -0.1) is 0 Å². The highest BCUT2D eigenvalue weighted by Crippen LogP contribution is 2.28. The summed E-state index contributed by atoms with van der Waals surface area (Å²) in [6.45, 7) is 1.86. The van der Waals surface area contributed by atoms with Crippen LogP contribution in [0.3, 0.4) is 0 Å². The van der Waals surface area contributed by atoms with Crippen LogP contribution in [0, 0.1) is 0 Å². The Morgan fingerprint density at radius 1 is 1.12 bits per heavy atom. The highest BCUT2D eigenvalue weighted by Gasteiger charge is 2.22. The molecule has 0 saturated carbocycles. The quantitative estimate of drug-likeness (QED) is 0.810. The molecular weight excluding hydrogens is 352 g/mol. The molecule has 1 saturated heterocycles. The molecule has 1 fully saturated rings. The zero-order valence-electron chi connectivity index (χ0n) is 14.4. The summed E-state index contributed by atoms with van der Waals surface area (Å²) in [6.07, 6.45) is 0.0124. The SMILES string of the molecule is O=C(C[C@H](c1ccccc1)c1ccc(Cl)cc1)NCCN1CCOC1=O. The number of ether oxygens (including phenoxy) is 1. The largest absolute Gasteiger partial charge is 0.448 e. The van der Waals surface area contributed by atoms with Gasteiger partial charge in [0.15, 0.2) is 0 Å². The van der Waals surface area contributed by atoms with Crippen molar-refractivity contribution in [2.75, 3.05) is 26.2 Å². The van der Waals surface area contributed by atoms with E-state index in [1.807, 2.05) is 54.6 Å². The van der Waals surface area contributed by atoms with Crippen LogP contribution in [0.4, 0.5) is 4.79 Å². The van der Waals surface area contributed by atoms with Gasteiger partial charge >= 0.3 is 6.09 Å². The van der Waals surface area contributed by atoms with Crippen molar-refractivity contribution in [3.05, 3.63) is 70.7 Å². The number of nitrogens with zero attached hydrogens (tertiary/aromatic N) is 1. The molecule has 2 aromatic carbocycles. The Kier molecular flexibility index (Phi) is 6.12. The molecule has 0 aromatic heterocycles. The second kappa shape index (κ2) is 8.72. The van der Waals surface area contributed by atoms with E-state index in [9.17, 15) is 9.59 Å². The topological polar surface area (TPSA) is 58.6 Å². The number of cyclic esters (lactones) is 1. The first-order valence-corrected chi connectivity index (χ1v) is 9.00. The smallest absolute Gasteiger partial charge is 0.409 e. The first kappa shape index (κ1) is 18.3. The lowest BCUT2D eigenvalue weighted by Crippen LogP contribution is -2.35. The first-order chi connectivity index (χ1) is 12.6. The predicted molar refractivity (Wildman–Crippen MR) is 100 cm³/mol. The van der Waals surface area contributed by atoms with E-state index in [1.54, 1.807) is 4.90 Å². The normalized spacial score (nSPS) is 14.8. The molecule has 5 nitrogen and oxygen atoms in total. The van der Waals surface area contributed by atoms with Crippen LogP contribution < -0.4 is 5.32 Å². The van der Waals surface area contributed by atoms with Gasteiger partial charge in [-0.25, -0.2) is 4.79 Å². The summed E-state index contributed by atoms with van der Waals surface area (Å²) >= 11 is 5.99. The fraction of sp³-hybridized carbons (Fsp3) is 0.300. The van der Waals surface area contributed by atoms with E-state index in [-0.39, 0.29) is 17.9 Å². The number of amides is 2. The van der Waals surface area contributed by atoms with Crippen molar-refractivity contribution in [1.82, 2.24) is 10.2 Å². The lowest BCUT2D eigenvalue weighted by molar-refractivity contribution is -0.121. The minimum absolute atomic E-state index is 0.0507. The molecule has 6 heteroatoms. The van der Waals surface area contributed by atoms with Crippen molar-refractivity contribution in [1.29, 1.82) is 0 Å². The molecule has 2 amide bonds. The molecule has 2 aromatic rings. The van der Waals surface area contributed by atoms with E-state index in [4.69, 9.17) is 16.3 Å². The lowest BCUT2D eigenvalue weighted by atomic mass is 9.88. The minimum atomic E-state index is -0.317. The second-order valence-corrected chi connectivity index (χ2v) is 6.61. The summed E-state index contributed by atoms with van der Waals surface area (Å²) in [4.78, 5) is 25.4. The maximum Gasteiger partial charge on any atom is 0.409 e. The third-order valence-corrected chi connectivity index (χ3v) is 4.66. The van der Waals surface area contributed by atoms with Crippen molar-refractivity contribution < 1.29 is 14.3 Å². The van der Waals surface area contributed by atoms with Gasteiger partial charge in [-0.05, 0) is 23.3 Å². The fourth-order valence-corrected chi connectivity index (χ4v) is 3.15. The number of hydrogen-bond acceptors (Lipinski definition) is 3. The van der Waals surface area contributed by atoms with Crippen LogP contribution >= 0.6 is 11.6 Å². The molecule has 0 spiro atoms. The zero-order chi connectivity index (χ0) is 18.4. The van der Waals surface area contributed by atoms with E-state index < -0.39 is 0 Å². The summed E-state index contributed by atoms with van der Waals surface area (Å²) < 4.78 is 4.88. The third-order valence-electron chi connectivity index (χ3n) is 4.41. The Hall–Kier alpha value is -2.53. The van der Waals surface area contributed by atoms with Crippen LogP contribution in [0.1, 0.15) is 23.5 Å². The number of hydrogen-bond donors (Lipinski definition) is 1. The van der Waals surface area contributed by atoms with E-state index in [2.05, 4.69) is 5.32 Å². The summed E-state index contributed by atoms with van der Waals surface area (Å²) in [7, 11) is 0. The van der Waals surface area contributed by atoms with Crippen LogP contribution in [0.25, 0.3) is 0 Å². The Bertz CT molecular complexity index is 749. The number of halogens is 1. The number of rotatable bonds is 7. The van der Waals surface area contributed by atoms with E-state index >= 15 is 0 Å². The van der Waals surface area contributed by atoms with Gasteiger partial charge in [0.25, 0.3) is 0 Å². The Morgan fingerprint density at radius 2 is 1.81 bits per heavy atom. The standard InChI is InChI=1S/C20H21ClN2O3/c21-17-8-6-16(7-9-17)18(15-4-2-1-3-5-15)14-19(24)22-10-11-23-12-13-26-20(23)25/h1-9,18H,10-14H2,(H,22,24)/t18-/m1/s1. The molecule has 26 heavy (non-hydrogen) atoms. The molecular formula is C20H21ClN2O3. The number of benzene rings is 2. The molecule has 0 radical (unpaired) electrons. The van der Waals surface area contributed by atoms with Crippen LogP contribution in [0.15, 0.2) is 54.6 Å². The fourth-order valence-electron chi connectivity index (χ4n) is 3.03. The van der Waals surface area contributed by atoms with E-state index in [1.165, 1.54) is 0 Å². The van der Waals surface area contributed by atoms with E-state index in [0.29, 0.717) is 37.7 Å². The highest BCUT2D eigenvalue weighted by molar-refractivity contribution is 6.30. The second-order valence-electron chi connectivity index (χ2n) is 6.17. The highest BCUT2D eigenvalue weighted by atomic mass is 35.5. The third kappa shape index (κ3) is 4.76. The molecule has 1 atom stereocenters. The van der Waals surface area contributed by atoms with Gasteiger partial charge in [0.2, 0.25) is 5.91 Å². The zero-order valence-corrected chi connectivity index (χ0v) is 15.1. The Morgan fingerprint density at radius 3 is 2.46 bits per heavy atom. The predicted octanol–water partition coefficient (Wildman–Crippen LogP) is 3.43. The number of carbonyl (C=O) groups is 2. The molecule has 3 rings (SSSR count). The van der Waals surface area contributed by atoms with Gasteiger partial charge in [0.05, 0.1) is 6.54 Å². The minimum Gasteiger partial charge on any atom is -0.448 e. The van der Waals surface area contributed by atoms with E-state index in [0.717, 1.165) is 11.1 Å². The van der Waals surface area contributed by atoms with Gasteiger partial charge in [-0.1, -0.05) is 54.1 Å². The summed E-state index contributed by atoms with van der Waals surface area (Å²) in [5, 5.41) is 3.57. The molecule has 1 aliphatic rings. The molecule has 1 heterocycles. The van der Waals surface area contributed by atoms with Gasteiger partial charge in [0, 0.05) is 30.5 Å². The van der Waals surface area contributed by atoms with Gasteiger partial charge in [0.1, 0.15) is 6.61 Å². The van der Waals surface area contributed by atoms with Crippen LogP contribution in [-0.4, -0.2) is 43.1 Å². The molecule has 0 bridgehead atoms. The molecule has 0 aliphatic carbocycles. The Labute approximate surface area is 157 Å². The lowest BCUT2D eigenvalue weighted by Gasteiger charge is -2.19. The maximum atomic E-state index is 12.5.